The Bertz CT molecular complexity index is 1920. The average molecular weight is 1380 g/mol. The largest absolute Gasteiger partial charge is 0.294 e. The fourth-order valence-electron chi connectivity index (χ4n) is 6.96. The Labute approximate surface area is 435 Å². The second kappa shape index (κ2) is 32.9. The van der Waals surface area contributed by atoms with E-state index in [2.05, 4.69) is 235 Å². The number of allylic oxidation sites excluding steroid dienone is 4. The number of alkyl halides is 5. The fourth-order valence-corrected chi connectivity index (χ4v) is 6.96. The monoisotopic (exact) mass is 1380 g/mol. The van der Waals surface area contributed by atoms with E-state index >= 15 is 0 Å². The molecule has 0 fully saturated rings. The van der Waals surface area contributed by atoms with Crippen molar-refractivity contribution < 1.29 is 9.59 Å². The highest BCUT2D eigenvalue weighted by Gasteiger charge is 2.34. The molecule has 2 aliphatic rings. The molecule has 2 nitrogen and oxygen atoms in total. The van der Waals surface area contributed by atoms with E-state index in [9.17, 15) is 9.59 Å². The van der Waals surface area contributed by atoms with E-state index in [0.29, 0.717) is 12.8 Å². The number of carbonyl (C=O) groups is 2. The zero-order valence-electron chi connectivity index (χ0n) is 39.3. The lowest BCUT2D eigenvalue weighted by atomic mass is 9.71. The van der Waals surface area contributed by atoms with Crippen LogP contribution in [0, 0.1) is 17.8 Å². The highest BCUT2D eigenvalue weighted by Crippen LogP contribution is 2.46. The molecule has 0 heterocycles. The van der Waals surface area contributed by atoms with E-state index in [0.717, 1.165) is 45.3 Å². The van der Waals surface area contributed by atoms with Crippen molar-refractivity contribution in [3.05, 3.63) is 142 Å². The molecule has 0 saturated carbocycles. The molecule has 0 aromatic heterocycles. The van der Waals surface area contributed by atoms with E-state index in [1.165, 1.54) is 30.3 Å². The van der Waals surface area contributed by atoms with E-state index in [-0.39, 0.29) is 22.4 Å². The van der Waals surface area contributed by atoms with Gasteiger partial charge < -0.3 is 0 Å². The lowest BCUT2D eigenvalue weighted by molar-refractivity contribution is -0.114. The maximum atomic E-state index is 13.0. The van der Waals surface area contributed by atoms with Crippen LogP contribution in [0.1, 0.15) is 148 Å². The number of aryl methyl sites for hydroxylation is 2. The lowest BCUT2D eigenvalue weighted by Crippen LogP contribution is -2.22. The van der Waals surface area contributed by atoms with Crippen LogP contribution in [-0.4, -0.2) is 13.9 Å². The first-order valence-corrected chi connectivity index (χ1v) is 28.2. The summed E-state index contributed by atoms with van der Waals surface area (Å²) in [7, 11) is 0. The third kappa shape index (κ3) is 19.2. The first kappa shape index (κ1) is 61.4. The van der Waals surface area contributed by atoms with Gasteiger partial charge in [-0.2, -0.15) is 0 Å². The van der Waals surface area contributed by atoms with Crippen LogP contribution < -0.4 is 0 Å². The third-order valence-electron chi connectivity index (χ3n) is 8.92. The predicted molar refractivity (Wildman–Crippen MR) is 314 cm³/mol. The Balaban J connectivity index is 0. The summed E-state index contributed by atoms with van der Waals surface area (Å²) in [6.07, 6.45) is 1.94. The molecule has 332 valence electrons. The standard InChI is InChI=1S/C22H24O.C21H22O.4C2H6.CHI3.CH2I2/c1-5-15-10-6-8-12-17(15)20-19(23)14-16-11-7-9-13-18(16)21(20)22(2,3)4;1-14-9-5-7-11-16(14)19-18(22)13-15-10-6-8-12-17(15)20(19)21(2,3)4;4*1-2;2-1(3)4;2-1-3/h6-13H,5,14H2,1-4H3;5-12H,13H2,1-4H3;4*1-2H3;1H;1H2. The quantitative estimate of drug-likeness (QED) is 0.151. The van der Waals surface area contributed by atoms with Crippen LogP contribution in [0.3, 0.4) is 0 Å². The number of ketones is 2. The Morgan fingerprint density at radius 1 is 0.500 bits per heavy atom. The number of carbonyl (C=O) groups excluding carboxylic acids is 2. The van der Waals surface area contributed by atoms with Gasteiger partial charge in [-0.25, -0.2) is 0 Å². The van der Waals surface area contributed by atoms with Crippen LogP contribution >= 0.6 is 113 Å². The maximum Gasteiger partial charge on any atom is 0.168 e. The van der Waals surface area contributed by atoms with Crippen LogP contribution in [-0.2, 0) is 28.9 Å². The molecule has 4 aromatic rings. The van der Waals surface area contributed by atoms with Crippen molar-refractivity contribution in [3.8, 4) is 0 Å². The van der Waals surface area contributed by atoms with Gasteiger partial charge in [0.1, 0.15) is -0.0619 Å². The van der Waals surface area contributed by atoms with Gasteiger partial charge in [-0.05, 0) is 79.8 Å². The summed E-state index contributed by atoms with van der Waals surface area (Å²) in [5, 5.41) is 0. The molecule has 7 heteroatoms. The Kier molecular flexibility index (Phi) is 33.7. The minimum Gasteiger partial charge on any atom is -0.294 e. The van der Waals surface area contributed by atoms with Gasteiger partial charge in [-0.1, -0.05) is 314 Å². The average Bonchev–Trinajstić information content (AvgIpc) is 3.22. The molecule has 0 atom stereocenters. The molecule has 6 rings (SSSR count). The predicted octanol–water partition coefficient (Wildman–Crippen LogP) is 18.9. The summed E-state index contributed by atoms with van der Waals surface area (Å²) in [6, 6.07) is 33.2. The highest BCUT2D eigenvalue weighted by atomic mass is 127. The fraction of sp³-hybridized carbons (Fsp3) is 0.434. The van der Waals surface area contributed by atoms with Crippen molar-refractivity contribution >= 4 is 147 Å². The zero-order valence-corrected chi connectivity index (χ0v) is 50.1. The van der Waals surface area contributed by atoms with Crippen LogP contribution in [0.15, 0.2) is 97.1 Å². The second-order valence-corrected chi connectivity index (χ2v) is 30.0. The van der Waals surface area contributed by atoms with E-state index in [1.807, 2.05) is 85.7 Å². The molecule has 0 radical (unpaired) electrons. The van der Waals surface area contributed by atoms with Gasteiger partial charge in [-0.15, -0.1) is 0 Å². The van der Waals surface area contributed by atoms with Crippen molar-refractivity contribution in [1.29, 1.82) is 0 Å². The van der Waals surface area contributed by atoms with Crippen LogP contribution in [0.5, 0.6) is 0 Å². The van der Waals surface area contributed by atoms with Crippen molar-refractivity contribution in [2.45, 2.75) is 130 Å². The van der Waals surface area contributed by atoms with Gasteiger partial charge >= 0.3 is 0 Å². The molecule has 0 saturated heterocycles. The molecule has 0 N–H and O–H groups in total. The number of Topliss-reactive ketones (excluding diaryl/α,β-unsaturated/α-hetero) is 2. The highest BCUT2D eigenvalue weighted by molar-refractivity contribution is 14.3. The number of benzene rings is 4. The van der Waals surface area contributed by atoms with Crippen LogP contribution in [0.2, 0.25) is 0 Å². The van der Waals surface area contributed by atoms with Crippen molar-refractivity contribution in [2.75, 3.05) is 2.43 Å². The minimum atomic E-state index is -0.0810. The van der Waals surface area contributed by atoms with E-state index < -0.39 is 0 Å². The molecule has 0 amide bonds. The molecule has 0 unspecified atom stereocenters. The zero-order chi connectivity index (χ0) is 46.8. The molecule has 4 aromatic carbocycles. The Hall–Kier alpha value is -0.650. The number of rotatable bonds is 3. The summed E-state index contributed by atoms with van der Waals surface area (Å²) in [5.74, 6) is 0.479. The van der Waals surface area contributed by atoms with Crippen molar-refractivity contribution in [3.63, 3.8) is 0 Å². The van der Waals surface area contributed by atoms with Gasteiger partial charge in [0, 0.05) is 24.0 Å². The van der Waals surface area contributed by atoms with Gasteiger partial charge in [-0.3, -0.25) is 9.59 Å². The molecule has 0 spiro atoms. The molecule has 0 bridgehead atoms. The topological polar surface area (TPSA) is 34.1 Å². The summed E-state index contributed by atoms with van der Waals surface area (Å²) < 4.78 is 1.93. The molecule has 60 heavy (non-hydrogen) atoms. The first-order chi connectivity index (χ1) is 28.5. The molecule has 2 aliphatic carbocycles. The first-order valence-electron chi connectivity index (χ1n) is 21.4. The molecular formula is C53H73I5O2. The Morgan fingerprint density at radius 2 is 0.783 bits per heavy atom. The van der Waals surface area contributed by atoms with Gasteiger partial charge in [0.2, 0.25) is 0 Å². The third-order valence-corrected chi connectivity index (χ3v) is 8.92. The SMILES string of the molecule is CC.CC.CC.CC.CCc1ccccc1C1=C(C(C)(C)C)c2ccccc2CC1=O.Cc1ccccc1C1=C(C(C)(C)C)c2ccccc2CC1=O.IC(I)I.ICI. The summed E-state index contributed by atoms with van der Waals surface area (Å²) >= 11 is 11.5. The van der Waals surface area contributed by atoms with Crippen LogP contribution in [0.4, 0.5) is 0 Å². The number of hydrogen-bond donors (Lipinski definition) is 0. The van der Waals surface area contributed by atoms with E-state index in [4.69, 9.17) is 0 Å². The van der Waals surface area contributed by atoms with Gasteiger partial charge in [0.15, 0.2) is 11.6 Å². The van der Waals surface area contributed by atoms with Crippen molar-refractivity contribution in [1.82, 2.24) is 0 Å². The maximum absolute atomic E-state index is 13.0. The summed E-state index contributed by atoms with van der Waals surface area (Å²) in [5.41, 5.74) is 13.4. The second-order valence-electron chi connectivity index (χ2n) is 14.7. The van der Waals surface area contributed by atoms with Crippen LogP contribution in [0.25, 0.3) is 22.3 Å². The summed E-state index contributed by atoms with van der Waals surface area (Å²) in [4.78, 5) is 25.9. The smallest absolute Gasteiger partial charge is 0.168 e. The lowest BCUT2D eigenvalue weighted by Gasteiger charge is -2.32. The van der Waals surface area contributed by atoms with Crippen molar-refractivity contribution in [2.24, 2.45) is 10.8 Å². The minimum absolute atomic E-state index is 0.0796. The van der Waals surface area contributed by atoms with Gasteiger partial charge in [0.25, 0.3) is 0 Å². The number of halogens is 5. The number of fused-ring (bicyclic) bond motifs is 2. The van der Waals surface area contributed by atoms with E-state index in [1.54, 1.807) is 0 Å². The Morgan fingerprint density at radius 3 is 1.12 bits per heavy atom. The molecule has 0 aliphatic heterocycles. The molecular weight excluding hydrogens is 1300 g/mol. The normalized spacial score (nSPS) is 12.5. The number of hydrogen-bond acceptors (Lipinski definition) is 2. The van der Waals surface area contributed by atoms with Gasteiger partial charge in [0.05, 0.1) is 2.43 Å². The summed E-state index contributed by atoms with van der Waals surface area (Å²) in [6.45, 7) is 33.4.